The maximum absolute atomic E-state index is 11.5. The van der Waals surface area contributed by atoms with Gasteiger partial charge in [0.2, 0.25) is 5.91 Å². The van der Waals surface area contributed by atoms with Gasteiger partial charge in [0, 0.05) is 17.5 Å². The first-order valence-electron chi connectivity index (χ1n) is 5.80. The summed E-state index contributed by atoms with van der Waals surface area (Å²) in [5.74, 6) is -0.675. The number of hydrogen-bond acceptors (Lipinski definition) is 3. The van der Waals surface area contributed by atoms with Crippen LogP contribution < -0.4 is 5.73 Å². The second-order valence-electron chi connectivity index (χ2n) is 4.21. The summed E-state index contributed by atoms with van der Waals surface area (Å²) < 4.78 is 0.332. The van der Waals surface area contributed by atoms with E-state index in [1.165, 1.54) is 12.1 Å². The van der Waals surface area contributed by atoms with Crippen molar-refractivity contribution in [3.05, 3.63) is 73.7 Å². The molecule has 102 valence electrons. The lowest BCUT2D eigenvalue weighted by Crippen LogP contribution is -2.15. The van der Waals surface area contributed by atoms with Crippen molar-refractivity contribution in [1.82, 2.24) is 0 Å². The summed E-state index contributed by atoms with van der Waals surface area (Å²) in [5.41, 5.74) is 6.55. The van der Waals surface area contributed by atoms with E-state index in [1.54, 1.807) is 0 Å². The number of nitro benzene ring substituents is 1. The monoisotopic (exact) mass is 334 g/mol. The smallest absolute Gasteiger partial charge is 0.287 e. The van der Waals surface area contributed by atoms with Crippen LogP contribution >= 0.6 is 15.9 Å². The van der Waals surface area contributed by atoms with Crippen molar-refractivity contribution < 1.29 is 9.72 Å². The number of rotatable bonds is 4. The molecule has 0 aromatic heterocycles. The molecule has 2 N–H and O–H groups in total. The van der Waals surface area contributed by atoms with Crippen molar-refractivity contribution in [1.29, 1.82) is 0 Å². The van der Waals surface area contributed by atoms with Crippen LogP contribution in [0.4, 0.5) is 5.69 Å². The molecule has 0 radical (unpaired) electrons. The van der Waals surface area contributed by atoms with Crippen molar-refractivity contribution in [2.45, 2.75) is 6.42 Å². The van der Waals surface area contributed by atoms with Crippen molar-refractivity contribution in [3.63, 3.8) is 0 Å². The Morgan fingerprint density at radius 3 is 2.40 bits per heavy atom. The average Bonchev–Trinajstić information content (AvgIpc) is 2.39. The number of hydrogen-bond donors (Lipinski definition) is 1. The van der Waals surface area contributed by atoms with Gasteiger partial charge in [-0.1, -0.05) is 30.3 Å². The summed E-state index contributed by atoms with van der Waals surface area (Å²) in [6.45, 7) is 0. The molecule has 0 bridgehead atoms. The lowest BCUT2D eigenvalue weighted by Gasteiger charge is -2.09. The quantitative estimate of drug-likeness (QED) is 0.688. The summed E-state index contributed by atoms with van der Waals surface area (Å²) in [6, 6.07) is 12.2. The topological polar surface area (TPSA) is 86.2 Å². The SMILES string of the molecule is NC(=O)c1ccc(Br)c([N+](=O)[O-])c1Cc1ccccc1. The summed E-state index contributed by atoms with van der Waals surface area (Å²) in [7, 11) is 0. The average molecular weight is 335 g/mol. The fourth-order valence-corrected chi connectivity index (χ4v) is 2.53. The minimum absolute atomic E-state index is 0.120. The fraction of sp³-hybridized carbons (Fsp3) is 0.0714. The third-order valence-corrected chi connectivity index (χ3v) is 3.55. The number of halogens is 1. The number of carbonyl (C=O) groups excluding carboxylic acids is 1. The van der Waals surface area contributed by atoms with Crippen LogP contribution in [0.1, 0.15) is 21.5 Å². The van der Waals surface area contributed by atoms with Gasteiger partial charge in [-0.3, -0.25) is 14.9 Å². The Morgan fingerprint density at radius 2 is 1.85 bits per heavy atom. The lowest BCUT2D eigenvalue weighted by atomic mass is 9.97. The molecule has 2 aromatic carbocycles. The molecule has 0 atom stereocenters. The van der Waals surface area contributed by atoms with Gasteiger partial charge in [-0.2, -0.15) is 0 Å². The number of carbonyl (C=O) groups is 1. The van der Waals surface area contributed by atoms with Crippen molar-refractivity contribution in [3.8, 4) is 0 Å². The van der Waals surface area contributed by atoms with E-state index in [0.717, 1.165) is 5.56 Å². The molecule has 2 rings (SSSR count). The highest BCUT2D eigenvalue weighted by atomic mass is 79.9. The molecule has 0 saturated heterocycles. The van der Waals surface area contributed by atoms with Crippen molar-refractivity contribution in [2.24, 2.45) is 5.73 Å². The molecule has 2 aromatic rings. The second-order valence-corrected chi connectivity index (χ2v) is 5.06. The van der Waals surface area contributed by atoms with E-state index in [4.69, 9.17) is 5.73 Å². The molecular weight excluding hydrogens is 324 g/mol. The number of benzene rings is 2. The van der Waals surface area contributed by atoms with Gasteiger partial charge in [-0.05, 0) is 33.6 Å². The third-order valence-electron chi connectivity index (χ3n) is 2.91. The van der Waals surface area contributed by atoms with Gasteiger partial charge < -0.3 is 5.73 Å². The van der Waals surface area contributed by atoms with Gasteiger partial charge in [-0.15, -0.1) is 0 Å². The molecule has 0 fully saturated rings. The van der Waals surface area contributed by atoms with Gasteiger partial charge in [0.1, 0.15) is 0 Å². The first kappa shape index (κ1) is 14.2. The Balaban J connectivity index is 2.61. The van der Waals surface area contributed by atoms with Crippen LogP contribution in [0.15, 0.2) is 46.9 Å². The van der Waals surface area contributed by atoms with E-state index >= 15 is 0 Å². The Hall–Kier alpha value is -2.21. The van der Waals surface area contributed by atoms with Gasteiger partial charge in [0.15, 0.2) is 0 Å². The minimum Gasteiger partial charge on any atom is -0.366 e. The molecule has 0 spiro atoms. The lowest BCUT2D eigenvalue weighted by molar-refractivity contribution is -0.386. The predicted octanol–water partition coefficient (Wildman–Crippen LogP) is 3.05. The number of amides is 1. The first-order chi connectivity index (χ1) is 9.50. The largest absolute Gasteiger partial charge is 0.366 e. The summed E-state index contributed by atoms with van der Waals surface area (Å²) in [4.78, 5) is 22.2. The highest BCUT2D eigenvalue weighted by Crippen LogP contribution is 2.33. The van der Waals surface area contributed by atoms with Crippen molar-refractivity contribution >= 4 is 27.5 Å². The molecule has 0 saturated carbocycles. The van der Waals surface area contributed by atoms with Gasteiger partial charge >= 0.3 is 0 Å². The maximum Gasteiger partial charge on any atom is 0.287 e. The van der Waals surface area contributed by atoms with Crippen LogP contribution in [0.3, 0.4) is 0 Å². The molecular formula is C14H11BrN2O3. The zero-order chi connectivity index (χ0) is 14.7. The summed E-state index contributed by atoms with van der Waals surface area (Å²) >= 11 is 3.15. The molecule has 0 aliphatic heterocycles. The van der Waals surface area contributed by atoms with E-state index in [0.29, 0.717) is 10.0 Å². The fourth-order valence-electron chi connectivity index (χ4n) is 2.01. The normalized spacial score (nSPS) is 10.2. The van der Waals surface area contributed by atoms with Crippen LogP contribution in [-0.4, -0.2) is 10.8 Å². The molecule has 5 nitrogen and oxygen atoms in total. The first-order valence-corrected chi connectivity index (χ1v) is 6.59. The van der Waals surface area contributed by atoms with Crippen LogP contribution in [0.25, 0.3) is 0 Å². The van der Waals surface area contributed by atoms with Gasteiger partial charge in [0.05, 0.1) is 9.40 Å². The zero-order valence-electron chi connectivity index (χ0n) is 10.4. The minimum atomic E-state index is -0.675. The Morgan fingerprint density at radius 1 is 1.20 bits per heavy atom. The van der Waals surface area contributed by atoms with E-state index in [1.807, 2.05) is 30.3 Å². The molecule has 0 heterocycles. The van der Waals surface area contributed by atoms with E-state index in [2.05, 4.69) is 15.9 Å². The van der Waals surface area contributed by atoms with Gasteiger partial charge in [-0.25, -0.2) is 0 Å². The Bertz CT molecular complexity index is 672. The van der Waals surface area contributed by atoms with E-state index in [-0.39, 0.29) is 17.7 Å². The van der Waals surface area contributed by atoms with Crippen LogP contribution in [0.2, 0.25) is 0 Å². The Labute approximate surface area is 123 Å². The summed E-state index contributed by atoms with van der Waals surface area (Å²) in [6.07, 6.45) is 0.273. The van der Waals surface area contributed by atoms with Crippen molar-refractivity contribution in [2.75, 3.05) is 0 Å². The predicted molar refractivity (Wildman–Crippen MR) is 78.6 cm³/mol. The maximum atomic E-state index is 11.5. The molecule has 0 aliphatic rings. The van der Waals surface area contributed by atoms with Crippen LogP contribution in [0, 0.1) is 10.1 Å². The molecule has 6 heteroatoms. The second kappa shape index (κ2) is 5.83. The molecule has 20 heavy (non-hydrogen) atoms. The van der Waals surface area contributed by atoms with Gasteiger partial charge in [0.25, 0.3) is 5.69 Å². The highest BCUT2D eigenvalue weighted by molar-refractivity contribution is 9.10. The zero-order valence-corrected chi connectivity index (χ0v) is 12.0. The standard InChI is InChI=1S/C14H11BrN2O3/c15-12-7-6-10(14(16)18)11(13(12)17(19)20)8-9-4-2-1-3-5-9/h1-7H,8H2,(H2,16,18). The van der Waals surface area contributed by atoms with Crippen LogP contribution in [0.5, 0.6) is 0 Å². The number of nitrogens with two attached hydrogens (primary N) is 1. The van der Waals surface area contributed by atoms with E-state index in [9.17, 15) is 14.9 Å². The Kier molecular flexibility index (Phi) is 4.14. The molecule has 1 amide bonds. The highest BCUT2D eigenvalue weighted by Gasteiger charge is 2.24. The third kappa shape index (κ3) is 2.85. The number of nitrogens with zero attached hydrogens (tertiary/aromatic N) is 1. The molecule has 0 aliphatic carbocycles. The number of primary amides is 1. The van der Waals surface area contributed by atoms with Crippen LogP contribution in [-0.2, 0) is 6.42 Å². The molecule has 0 unspecified atom stereocenters. The summed E-state index contributed by atoms with van der Waals surface area (Å²) in [5, 5.41) is 11.2. The van der Waals surface area contributed by atoms with E-state index < -0.39 is 10.8 Å². The number of nitro groups is 1.